The first kappa shape index (κ1) is 16.5. The molecule has 4 N–H and O–H groups in total. The highest BCUT2D eigenvalue weighted by Gasteiger charge is 2.20. The molecule has 0 aliphatic heterocycles. The predicted octanol–water partition coefficient (Wildman–Crippen LogP) is 1.47. The van der Waals surface area contributed by atoms with Crippen LogP contribution in [0.1, 0.15) is 27.7 Å². The molecular formula is C12H16N2O4S2. The molecule has 1 aromatic rings. The number of carbonyl (C=O) groups excluding carboxylic acids is 2. The number of thiophene rings is 1. The molecule has 2 amide bonds. The van der Waals surface area contributed by atoms with Gasteiger partial charge in [0.05, 0.1) is 17.1 Å². The first-order chi connectivity index (χ1) is 9.36. The van der Waals surface area contributed by atoms with E-state index in [1.165, 1.54) is 11.3 Å². The molecule has 0 spiro atoms. The number of carboxylic acids is 1. The van der Waals surface area contributed by atoms with Crippen molar-refractivity contribution in [1.29, 1.82) is 0 Å². The van der Waals surface area contributed by atoms with Crippen LogP contribution in [0.2, 0.25) is 0 Å². The summed E-state index contributed by atoms with van der Waals surface area (Å²) in [5.74, 6) is -2.01. The van der Waals surface area contributed by atoms with Crippen molar-refractivity contribution in [3.63, 3.8) is 0 Å². The molecule has 6 nitrogen and oxygen atoms in total. The quantitative estimate of drug-likeness (QED) is 0.706. The lowest BCUT2D eigenvalue weighted by Crippen LogP contribution is -2.19. The van der Waals surface area contributed by atoms with Crippen molar-refractivity contribution in [1.82, 2.24) is 0 Å². The normalized spacial score (nSPS) is 10.3. The number of hydrogen-bond donors (Lipinski definition) is 3. The van der Waals surface area contributed by atoms with Crippen LogP contribution >= 0.6 is 23.1 Å². The second-order valence-corrected chi connectivity index (χ2v) is 6.20. The summed E-state index contributed by atoms with van der Waals surface area (Å²) in [7, 11) is 0. The summed E-state index contributed by atoms with van der Waals surface area (Å²) in [5.41, 5.74) is 6.55. The van der Waals surface area contributed by atoms with Crippen molar-refractivity contribution >= 4 is 45.9 Å². The van der Waals surface area contributed by atoms with Crippen LogP contribution in [-0.2, 0) is 16.0 Å². The van der Waals surface area contributed by atoms with Crippen LogP contribution in [0, 0.1) is 6.92 Å². The average molecular weight is 316 g/mol. The number of thioether (sulfide) groups is 1. The molecule has 0 saturated heterocycles. The molecule has 20 heavy (non-hydrogen) atoms. The van der Waals surface area contributed by atoms with Crippen molar-refractivity contribution in [2.45, 2.75) is 20.3 Å². The number of aliphatic carboxylic acids is 1. The Labute approximate surface area is 124 Å². The van der Waals surface area contributed by atoms with E-state index in [-0.39, 0.29) is 17.4 Å². The number of carbonyl (C=O) groups is 3. The van der Waals surface area contributed by atoms with E-state index < -0.39 is 11.9 Å². The van der Waals surface area contributed by atoms with Gasteiger partial charge in [-0.3, -0.25) is 14.4 Å². The largest absolute Gasteiger partial charge is 0.481 e. The summed E-state index contributed by atoms with van der Waals surface area (Å²) in [6, 6.07) is 0. The Bertz CT molecular complexity index is 540. The molecule has 8 heteroatoms. The van der Waals surface area contributed by atoms with Crippen LogP contribution in [0.25, 0.3) is 0 Å². The Morgan fingerprint density at radius 2 is 2.00 bits per heavy atom. The van der Waals surface area contributed by atoms with Crippen LogP contribution in [0.4, 0.5) is 5.00 Å². The van der Waals surface area contributed by atoms with Crippen molar-refractivity contribution in [2.75, 3.05) is 16.8 Å². The molecule has 0 unspecified atom stereocenters. The fourth-order valence-electron chi connectivity index (χ4n) is 1.75. The van der Waals surface area contributed by atoms with Gasteiger partial charge in [0.1, 0.15) is 5.00 Å². The lowest BCUT2D eigenvalue weighted by molar-refractivity contribution is -0.133. The Morgan fingerprint density at radius 3 is 2.50 bits per heavy atom. The molecule has 1 heterocycles. The first-order valence-corrected chi connectivity index (χ1v) is 7.85. The summed E-state index contributed by atoms with van der Waals surface area (Å²) >= 11 is 2.30. The third-order valence-electron chi connectivity index (χ3n) is 2.52. The van der Waals surface area contributed by atoms with Gasteiger partial charge in [-0.2, -0.15) is 0 Å². The number of hydrogen-bond acceptors (Lipinski definition) is 5. The Balaban J connectivity index is 2.79. The molecule has 0 radical (unpaired) electrons. The topological polar surface area (TPSA) is 109 Å². The van der Waals surface area contributed by atoms with E-state index >= 15 is 0 Å². The van der Waals surface area contributed by atoms with Crippen LogP contribution in [0.3, 0.4) is 0 Å². The zero-order valence-electron chi connectivity index (χ0n) is 11.2. The highest BCUT2D eigenvalue weighted by molar-refractivity contribution is 8.00. The maximum absolute atomic E-state index is 11.7. The number of nitrogens with two attached hydrogens (primary N) is 1. The molecule has 0 fully saturated rings. The number of amides is 2. The molecule has 0 bridgehead atoms. The second-order valence-electron chi connectivity index (χ2n) is 3.99. The van der Waals surface area contributed by atoms with E-state index in [1.807, 2.05) is 13.8 Å². The highest BCUT2D eigenvalue weighted by Crippen LogP contribution is 2.33. The fraction of sp³-hybridized carbons (Fsp3) is 0.417. The zero-order chi connectivity index (χ0) is 15.3. The van der Waals surface area contributed by atoms with Gasteiger partial charge in [-0.1, -0.05) is 6.92 Å². The molecule has 0 aliphatic carbocycles. The van der Waals surface area contributed by atoms with Gasteiger partial charge >= 0.3 is 5.97 Å². The van der Waals surface area contributed by atoms with Crippen molar-refractivity contribution in [2.24, 2.45) is 5.73 Å². The highest BCUT2D eigenvalue weighted by atomic mass is 32.2. The zero-order valence-corrected chi connectivity index (χ0v) is 12.8. The number of primary amides is 1. The van der Waals surface area contributed by atoms with Gasteiger partial charge in [0.15, 0.2) is 0 Å². The number of nitrogens with one attached hydrogen (secondary N) is 1. The van der Waals surface area contributed by atoms with Crippen molar-refractivity contribution in [3.05, 3.63) is 16.0 Å². The molecule has 1 rings (SSSR count). The lowest BCUT2D eigenvalue weighted by Gasteiger charge is -2.05. The van der Waals surface area contributed by atoms with Crippen LogP contribution in [-0.4, -0.2) is 34.4 Å². The van der Waals surface area contributed by atoms with E-state index in [0.717, 1.165) is 22.2 Å². The first-order valence-electron chi connectivity index (χ1n) is 5.88. The van der Waals surface area contributed by atoms with Crippen LogP contribution in [0.5, 0.6) is 0 Å². The van der Waals surface area contributed by atoms with E-state index in [2.05, 4.69) is 5.32 Å². The van der Waals surface area contributed by atoms with Crippen LogP contribution in [0.15, 0.2) is 0 Å². The molecule has 1 aromatic heterocycles. The lowest BCUT2D eigenvalue weighted by atomic mass is 10.1. The third-order valence-corrected chi connectivity index (χ3v) is 4.50. The van der Waals surface area contributed by atoms with Gasteiger partial charge in [0, 0.05) is 4.88 Å². The number of rotatable bonds is 7. The maximum atomic E-state index is 11.7. The molecular weight excluding hydrogens is 300 g/mol. The second kappa shape index (κ2) is 7.30. The fourth-order valence-corrected chi connectivity index (χ4v) is 3.45. The summed E-state index contributed by atoms with van der Waals surface area (Å²) < 4.78 is 0. The molecule has 0 aliphatic rings. The van der Waals surface area contributed by atoms with Gasteiger partial charge in [-0.05, 0) is 18.9 Å². The monoisotopic (exact) mass is 316 g/mol. The SMILES string of the molecule is CCc1c(C)sc(NC(=O)CSCC(=O)O)c1C(N)=O. The number of aryl methyl sites for hydroxylation is 1. The van der Waals surface area contributed by atoms with E-state index in [0.29, 0.717) is 17.0 Å². The maximum Gasteiger partial charge on any atom is 0.313 e. The molecule has 0 atom stereocenters. The molecule has 0 saturated carbocycles. The number of carboxylic acid groups (broad SMARTS) is 1. The molecule has 0 aromatic carbocycles. The summed E-state index contributed by atoms with van der Waals surface area (Å²) in [6.45, 7) is 3.78. The summed E-state index contributed by atoms with van der Waals surface area (Å²) in [5, 5.41) is 11.6. The van der Waals surface area contributed by atoms with E-state index in [4.69, 9.17) is 10.8 Å². The third kappa shape index (κ3) is 4.24. The van der Waals surface area contributed by atoms with E-state index in [1.54, 1.807) is 0 Å². The Morgan fingerprint density at radius 1 is 1.35 bits per heavy atom. The number of anilines is 1. The smallest absolute Gasteiger partial charge is 0.313 e. The predicted molar refractivity (Wildman–Crippen MR) is 80.5 cm³/mol. The van der Waals surface area contributed by atoms with Crippen molar-refractivity contribution in [3.8, 4) is 0 Å². The van der Waals surface area contributed by atoms with Gasteiger partial charge in [-0.15, -0.1) is 23.1 Å². The standard InChI is InChI=1S/C12H16N2O4S2/c1-3-7-6(2)20-12(10(7)11(13)18)14-8(15)4-19-5-9(16)17/h3-5H2,1-2H3,(H2,13,18)(H,14,15)(H,16,17). The minimum Gasteiger partial charge on any atom is -0.481 e. The van der Waals surface area contributed by atoms with Gasteiger partial charge in [0.2, 0.25) is 5.91 Å². The minimum atomic E-state index is -0.971. The van der Waals surface area contributed by atoms with Crippen LogP contribution < -0.4 is 11.1 Å². The summed E-state index contributed by atoms with van der Waals surface area (Å²) in [6.07, 6.45) is 0.657. The Kier molecular flexibility index (Phi) is 6.03. The molecule has 110 valence electrons. The van der Waals surface area contributed by atoms with Gasteiger partial charge in [0.25, 0.3) is 5.91 Å². The average Bonchev–Trinajstić information content (AvgIpc) is 2.64. The Hall–Kier alpha value is -1.54. The van der Waals surface area contributed by atoms with Gasteiger partial charge < -0.3 is 16.2 Å². The summed E-state index contributed by atoms with van der Waals surface area (Å²) in [4.78, 5) is 34.5. The van der Waals surface area contributed by atoms with Crippen molar-refractivity contribution < 1.29 is 19.5 Å². The minimum absolute atomic E-state index is 0.0168. The van der Waals surface area contributed by atoms with Gasteiger partial charge in [-0.25, -0.2) is 0 Å². The van der Waals surface area contributed by atoms with E-state index in [9.17, 15) is 14.4 Å².